The molecule has 0 bridgehead atoms. The van der Waals surface area contributed by atoms with E-state index in [-0.39, 0.29) is 0 Å². The van der Waals surface area contributed by atoms with Gasteiger partial charge in [0.05, 0.1) is 0 Å². The zero-order valence-electron chi connectivity index (χ0n) is 4.98. The predicted octanol–water partition coefficient (Wildman–Crippen LogP) is 2.24. The number of rotatable bonds is 3. The fourth-order valence-corrected chi connectivity index (χ4v) is 0.934. The summed E-state index contributed by atoms with van der Waals surface area (Å²) in [6, 6.07) is 0. The fourth-order valence-electron chi connectivity index (χ4n) is 0.440. The summed E-state index contributed by atoms with van der Waals surface area (Å²) in [4.78, 5) is 0. The molecule has 7 heavy (non-hydrogen) atoms. The molecule has 0 aliphatic heterocycles. The Morgan fingerprint density at radius 3 is 2.71 bits per heavy atom. The summed E-state index contributed by atoms with van der Waals surface area (Å²) < 4.78 is 2.23. The fraction of sp³-hybridized carbons (Fsp3) is 0.667. The van der Waals surface area contributed by atoms with Crippen molar-refractivity contribution < 1.29 is 18.3 Å². The molecule has 0 fully saturated rings. The molecular weight excluding hydrogens is 137 g/mol. The van der Waals surface area contributed by atoms with E-state index in [9.17, 15) is 0 Å². The van der Waals surface area contributed by atoms with Gasteiger partial charge in [-0.25, -0.2) is 0 Å². The zero-order valence-corrected chi connectivity index (χ0v) is 7.95. The van der Waals surface area contributed by atoms with Gasteiger partial charge in [-0.2, -0.15) is 0 Å². The summed E-state index contributed by atoms with van der Waals surface area (Å²) in [5.41, 5.74) is 0. The molecule has 0 rings (SSSR count). The molecular formula is C6H11Zn. The van der Waals surface area contributed by atoms with Crippen LogP contribution in [-0.2, 0) is 18.3 Å². The minimum absolute atomic E-state index is 1.29. The van der Waals surface area contributed by atoms with Gasteiger partial charge in [0.25, 0.3) is 0 Å². The Morgan fingerprint density at radius 1 is 1.57 bits per heavy atom. The van der Waals surface area contributed by atoms with Gasteiger partial charge in [-0.1, -0.05) is 0 Å². The van der Waals surface area contributed by atoms with Gasteiger partial charge in [0.15, 0.2) is 0 Å². The molecule has 0 aromatic carbocycles. The van der Waals surface area contributed by atoms with E-state index < -0.39 is 0 Å². The molecule has 0 saturated carbocycles. The summed E-state index contributed by atoms with van der Waals surface area (Å²) >= 11 is 1.31. The maximum absolute atomic E-state index is 2.27. The monoisotopic (exact) mass is 147 g/mol. The van der Waals surface area contributed by atoms with Crippen molar-refractivity contribution in [2.75, 3.05) is 0 Å². The van der Waals surface area contributed by atoms with E-state index in [0.717, 1.165) is 0 Å². The quantitative estimate of drug-likeness (QED) is 0.425. The average Bonchev–Trinajstić information content (AvgIpc) is 1.69. The first-order valence-corrected chi connectivity index (χ1v) is 4.57. The van der Waals surface area contributed by atoms with Crippen LogP contribution in [0.4, 0.5) is 0 Å². The first kappa shape index (κ1) is 7.36. The normalized spacial score (nSPS) is 10.7. The molecule has 0 N–H and O–H groups in total. The van der Waals surface area contributed by atoms with Gasteiger partial charge in [0, 0.05) is 0 Å². The molecule has 0 aliphatic rings. The van der Waals surface area contributed by atoms with Crippen LogP contribution in [-0.4, -0.2) is 0 Å². The van der Waals surface area contributed by atoms with Crippen molar-refractivity contribution in [2.45, 2.75) is 26.2 Å². The summed E-state index contributed by atoms with van der Waals surface area (Å²) in [5.74, 6) is 0. The molecule has 0 aliphatic carbocycles. The van der Waals surface area contributed by atoms with Crippen LogP contribution in [0.1, 0.15) is 26.2 Å². The molecule has 0 aromatic rings. The van der Waals surface area contributed by atoms with Crippen LogP contribution < -0.4 is 0 Å². The SMILES string of the molecule is CCCCC=[CH][Zn]. The number of unbranched alkanes of at least 4 members (excludes halogenated alkanes) is 2. The van der Waals surface area contributed by atoms with Crippen molar-refractivity contribution in [1.29, 1.82) is 0 Å². The van der Waals surface area contributed by atoms with Gasteiger partial charge >= 0.3 is 55.2 Å². The van der Waals surface area contributed by atoms with Crippen LogP contribution in [0.3, 0.4) is 0 Å². The van der Waals surface area contributed by atoms with Crippen molar-refractivity contribution >= 4 is 0 Å². The van der Waals surface area contributed by atoms with Crippen molar-refractivity contribution in [2.24, 2.45) is 0 Å². The Hall–Kier alpha value is 0.363. The molecule has 0 atom stereocenters. The second kappa shape index (κ2) is 6.36. The van der Waals surface area contributed by atoms with E-state index in [1.807, 2.05) is 0 Å². The number of allylic oxidation sites excluding steroid dienone is 1. The summed E-state index contributed by atoms with van der Waals surface area (Å²) in [5, 5.41) is 0. The summed E-state index contributed by atoms with van der Waals surface area (Å²) in [6.45, 7) is 2.22. The molecule has 0 radical (unpaired) electrons. The van der Waals surface area contributed by atoms with Gasteiger partial charge in [0.1, 0.15) is 0 Å². The van der Waals surface area contributed by atoms with E-state index >= 15 is 0 Å². The molecule has 0 unspecified atom stereocenters. The Morgan fingerprint density at radius 2 is 2.29 bits per heavy atom. The van der Waals surface area contributed by atoms with E-state index in [1.54, 1.807) is 0 Å². The zero-order chi connectivity index (χ0) is 5.54. The van der Waals surface area contributed by atoms with Crippen molar-refractivity contribution in [3.05, 3.63) is 10.7 Å². The molecule has 0 nitrogen and oxygen atoms in total. The van der Waals surface area contributed by atoms with E-state index in [4.69, 9.17) is 0 Å². The van der Waals surface area contributed by atoms with E-state index in [0.29, 0.717) is 0 Å². The second-order valence-corrected chi connectivity index (χ2v) is 2.60. The third kappa shape index (κ3) is 6.36. The summed E-state index contributed by atoms with van der Waals surface area (Å²) in [6.07, 6.45) is 6.24. The number of hydrogen-bond donors (Lipinski definition) is 0. The Kier molecular flexibility index (Phi) is 6.69. The van der Waals surface area contributed by atoms with Crippen molar-refractivity contribution in [1.82, 2.24) is 0 Å². The van der Waals surface area contributed by atoms with Crippen LogP contribution in [0, 0.1) is 0 Å². The van der Waals surface area contributed by atoms with Crippen molar-refractivity contribution in [3.63, 3.8) is 0 Å². The average molecular weight is 149 g/mol. The van der Waals surface area contributed by atoms with Crippen LogP contribution in [0.2, 0.25) is 0 Å². The Bertz CT molecular complexity index is 48.1. The minimum atomic E-state index is 1.29. The Labute approximate surface area is 55.7 Å². The van der Waals surface area contributed by atoms with Crippen LogP contribution in [0.15, 0.2) is 10.7 Å². The first-order chi connectivity index (χ1) is 3.41. The molecule has 0 saturated heterocycles. The molecule has 1 heteroatoms. The van der Waals surface area contributed by atoms with Gasteiger partial charge < -0.3 is 0 Å². The maximum atomic E-state index is 2.27. The molecule has 37 valence electrons. The molecule has 0 heterocycles. The van der Waals surface area contributed by atoms with Crippen LogP contribution >= 0.6 is 0 Å². The molecule has 0 amide bonds. The van der Waals surface area contributed by atoms with Crippen molar-refractivity contribution in [3.8, 4) is 0 Å². The first-order valence-electron chi connectivity index (χ1n) is 2.86. The van der Waals surface area contributed by atoms with Crippen LogP contribution in [0.25, 0.3) is 0 Å². The van der Waals surface area contributed by atoms with Gasteiger partial charge in [-0.05, 0) is 0 Å². The van der Waals surface area contributed by atoms with Gasteiger partial charge in [0.2, 0.25) is 0 Å². The standard InChI is InChI=1S/C6H11.Zn/c1-3-5-6-4-2;/h1,3H,4-6H2,2H3;. The third-order valence-corrected chi connectivity index (χ3v) is 1.59. The number of hydrogen-bond acceptors (Lipinski definition) is 0. The van der Waals surface area contributed by atoms with E-state index in [2.05, 4.69) is 17.7 Å². The topological polar surface area (TPSA) is 0 Å². The van der Waals surface area contributed by atoms with Gasteiger partial charge in [-0.3, -0.25) is 0 Å². The molecule has 0 aromatic heterocycles. The van der Waals surface area contributed by atoms with Crippen LogP contribution in [0.5, 0.6) is 0 Å². The predicted molar refractivity (Wildman–Crippen MR) is 28.7 cm³/mol. The Balaban J connectivity index is 2.69. The van der Waals surface area contributed by atoms with Gasteiger partial charge in [-0.15, -0.1) is 0 Å². The third-order valence-electron chi connectivity index (χ3n) is 0.891. The second-order valence-electron chi connectivity index (χ2n) is 1.61. The summed E-state index contributed by atoms with van der Waals surface area (Å²) in [7, 11) is 0. The van der Waals surface area contributed by atoms with E-state index in [1.165, 1.54) is 37.6 Å². The molecule has 0 spiro atoms.